The second-order valence-electron chi connectivity index (χ2n) is 2.50. The lowest BCUT2D eigenvalue weighted by atomic mass is 10.3. The summed E-state index contributed by atoms with van der Waals surface area (Å²) in [5, 5.41) is 3.10. The first kappa shape index (κ1) is 7.50. The van der Waals surface area contributed by atoms with Gasteiger partial charge in [-0.25, -0.2) is 0 Å². The van der Waals surface area contributed by atoms with Gasteiger partial charge in [0.25, 0.3) is 0 Å². The molecule has 2 heteroatoms. The number of fused-ring (bicyclic) bond motifs is 1. The van der Waals surface area contributed by atoms with E-state index in [0.29, 0.717) is 0 Å². The monoisotopic (exact) mass is 176 g/mol. The molecular formula is C10H8OS. The summed E-state index contributed by atoms with van der Waals surface area (Å²) < 4.78 is 1.13. The summed E-state index contributed by atoms with van der Waals surface area (Å²) in [6.07, 6.45) is 3.97. The summed E-state index contributed by atoms with van der Waals surface area (Å²) in [6, 6.07) is 7.99. The predicted octanol–water partition coefficient (Wildman–Crippen LogP) is 1.70. The van der Waals surface area contributed by atoms with Crippen molar-refractivity contribution in [3.63, 3.8) is 0 Å². The molecule has 1 aromatic carbocycles. The largest absolute Gasteiger partial charge is 0.291 e. The lowest BCUT2D eigenvalue weighted by Crippen LogP contribution is -2.02. The second kappa shape index (κ2) is 3.07. The molecule has 0 fully saturated rings. The third kappa shape index (κ3) is 1.14. The van der Waals surface area contributed by atoms with Gasteiger partial charge in [0.05, 0.1) is 0 Å². The van der Waals surface area contributed by atoms with Crippen LogP contribution in [0, 0.1) is 4.51 Å². The number of hydrogen-bond donors (Lipinski definition) is 0. The van der Waals surface area contributed by atoms with Crippen LogP contribution in [0.15, 0.2) is 35.7 Å². The summed E-state index contributed by atoms with van der Waals surface area (Å²) in [5.74, 6) is 0. The average molecular weight is 176 g/mol. The van der Waals surface area contributed by atoms with Crippen molar-refractivity contribution < 1.29 is 4.79 Å². The minimum absolute atomic E-state index is 0.319. The molecular weight excluding hydrogens is 168 g/mol. The maximum atomic E-state index is 10.7. The third-order valence-corrected chi connectivity index (χ3v) is 3.31. The molecule has 1 heterocycles. The first-order valence-electron chi connectivity index (χ1n) is 3.69. The molecule has 0 aromatic heterocycles. The fraction of sp³-hybridized carbons (Fsp3) is 0. The van der Waals surface area contributed by atoms with E-state index in [2.05, 4.69) is 0 Å². The van der Waals surface area contributed by atoms with E-state index < -0.39 is 0 Å². The molecule has 2 rings (SSSR count). The molecule has 1 aliphatic heterocycles. The quantitative estimate of drug-likeness (QED) is 0.470. The van der Waals surface area contributed by atoms with Crippen LogP contribution < -0.4 is 5.22 Å². The van der Waals surface area contributed by atoms with Crippen molar-refractivity contribution in [1.29, 1.82) is 0 Å². The third-order valence-electron chi connectivity index (χ3n) is 1.78. The molecule has 0 spiro atoms. The van der Waals surface area contributed by atoms with Crippen molar-refractivity contribution >= 4 is 22.2 Å². The number of carbonyl (C=O) groups is 1. The Balaban J connectivity index is 2.94. The Hall–Kier alpha value is -1.15. The summed E-state index contributed by atoms with van der Waals surface area (Å²) in [4.78, 5) is 10.7. The number of carbonyl (C=O) groups excluding carboxylic acids is 1. The smallest absolute Gasteiger partial charge is 0.175 e. The summed E-state index contributed by atoms with van der Waals surface area (Å²) >= 11 is 0. The van der Waals surface area contributed by atoms with Crippen molar-refractivity contribution in [2.45, 2.75) is 0 Å². The highest BCUT2D eigenvalue weighted by atomic mass is 32.2. The van der Waals surface area contributed by atoms with E-state index in [1.807, 2.05) is 41.8 Å². The Morgan fingerprint density at radius 3 is 2.92 bits per heavy atom. The highest BCUT2D eigenvalue weighted by Gasteiger charge is 1.93. The van der Waals surface area contributed by atoms with E-state index in [1.165, 1.54) is 0 Å². The standard InChI is InChI=1S/C10H8OS/c11-8-12-7-3-5-9-4-1-2-6-10(9)12/h1-8H. The van der Waals surface area contributed by atoms with E-state index in [9.17, 15) is 4.79 Å². The summed E-state index contributed by atoms with van der Waals surface area (Å²) in [7, 11) is -0.319. The number of rotatable bonds is 1. The highest BCUT2D eigenvalue weighted by Crippen LogP contribution is 2.15. The SMILES string of the molecule is O=CS1=c2ccccc2=CC=C1. The van der Waals surface area contributed by atoms with Crippen LogP contribution >= 0.6 is 10.5 Å². The van der Waals surface area contributed by atoms with Crippen molar-refractivity contribution in [2.24, 2.45) is 0 Å². The Bertz CT molecular complexity index is 457. The van der Waals surface area contributed by atoms with E-state index in [0.717, 1.165) is 15.3 Å². The molecule has 1 aromatic rings. The van der Waals surface area contributed by atoms with Crippen molar-refractivity contribution in [3.8, 4) is 0 Å². The Kier molecular flexibility index (Phi) is 1.92. The molecule has 0 N–H and O–H groups in total. The molecule has 12 heavy (non-hydrogen) atoms. The fourth-order valence-electron chi connectivity index (χ4n) is 1.22. The van der Waals surface area contributed by atoms with E-state index in [4.69, 9.17) is 0 Å². The van der Waals surface area contributed by atoms with Gasteiger partial charge in [0.15, 0.2) is 5.62 Å². The van der Waals surface area contributed by atoms with Crippen LogP contribution in [0.3, 0.4) is 0 Å². The summed E-state index contributed by atoms with van der Waals surface area (Å²) in [5.41, 5.74) is 1.00. The molecule has 0 amide bonds. The van der Waals surface area contributed by atoms with Gasteiger partial charge in [-0.3, -0.25) is 4.79 Å². The molecule has 1 nitrogen and oxygen atoms in total. The second-order valence-corrected chi connectivity index (χ2v) is 4.15. The minimum atomic E-state index is -0.319. The first-order chi connectivity index (χ1) is 5.92. The van der Waals surface area contributed by atoms with Gasteiger partial charge in [0.1, 0.15) is 0 Å². The van der Waals surface area contributed by atoms with Crippen LogP contribution in [0.2, 0.25) is 0 Å². The van der Waals surface area contributed by atoms with Gasteiger partial charge in [0.2, 0.25) is 0 Å². The maximum absolute atomic E-state index is 10.7. The van der Waals surface area contributed by atoms with Crippen molar-refractivity contribution in [1.82, 2.24) is 0 Å². The average Bonchev–Trinajstić information content (AvgIpc) is 2.17. The fourth-order valence-corrected chi connectivity index (χ4v) is 2.42. The highest BCUT2D eigenvalue weighted by molar-refractivity contribution is 8.23. The molecule has 1 atom stereocenters. The summed E-state index contributed by atoms with van der Waals surface area (Å²) in [6.45, 7) is 0. The van der Waals surface area contributed by atoms with Gasteiger partial charge in [-0.2, -0.15) is 0 Å². The van der Waals surface area contributed by atoms with Crippen LogP contribution in [-0.2, 0) is 4.79 Å². The van der Waals surface area contributed by atoms with E-state index in [1.54, 1.807) is 0 Å². The number of benzene rings is 1. The Morgan fingerprint density at radius 1 is 1.25 bits per heavy atom. The Labute approximate surface area is 73.0 Å². The molecule has 0 saturated carbocycles. The van der Waals surface area contributed by atoms with Gasteiger partial charge in [0, 0.05) is 4.51 Å². The molecule has 0 radical (unpaired) electrons. The number of allylic oxidation sites excluding steroid dienone is 1. The normalized spacial score (nSPS) is 19.5. The van der Waals surface area contributed by atoms with Crippen LogP contribution in [-0.4, -0.2) is 5.62 Å². The van der Waals surface area contributed by atoms with E-state index >= 15 is 0 Å². The van der Waals surface area contributed by atoms with Crippen LogP contribution in [0.1, 0.15) is 0 Å². The molecule has 0 aliphatic carbocycles. The Morgan fingerprint density at radius 2 is 2.08 bits per heavy atom. The zero-order valence-electron chi connectivity index (χ0n) is 6.44. The predicted molar refractivity (Wildman–Crippen MR) is 52.8 cm³/mol. The molecule has 1 unspecified atom stereocenters. The molecule has 0 bridgehead atoms. The minimum Gasteiger partial charge on any atom is -0.291 e. The van der Waals surface area contributed by atoms with Gasteiger partial charge in [-0.05, 0) is 16.7 Å². The molecule has 0 saturated heterocycles. The maximum Gasteiger partial charge on any atom is 0.175 e. The van der Waals surface area contributed by atoms with Crippen LogP contribution in [0.25, 0.3) is 6.08 Å². The molecule has 1 aliphatic rings. The van der Waals surface area contributed by atoms with Crippen LogP contribution in [0.4, 0.5) is 0 Å². The van der Waals surface area contributed by atoms with Gasteiger partial charge in [-0.1, -0.05) is 40.8 Å². The van der Waals surface area contributed by atoms with Crippen molar-refractivity contribution in [3.05, 3.63) is 45.5 Å². The molecule has 60 valence electrons. The van der Waals surface area contributed by atoms with E-state index in [-0.39, 0.29) is 10.5 Å². The zero-order valence-corrected chi connectivity index (χ0v) is 7.25. The zero-order chi connectivity index (χ0) is 8.39. The van der Waals surface area contributed by atoms with Gasteiger partial charge >= 0.3 is 0 Å². The first-order valence-corrected chi connectivity index (χ1v) is 5.04. The van der Waals surface area contributed by atoms with Crippen LogP contribution in [0.5, 0.6) is 0 Å². The van der Waals surface area contributed by atoms with Crippen molar-refractivity contribution in [2.75, 3.05) is 0 Å². The number of hydrogen-bond acceptors (Lipinski definition) is 1. The van der Waals surface area contributed by atoms with Gasteiger partial charge < -0.3 is 0 Å². The lowest BCUT2D eigenvalue weighted by molar-refractivity contribution is 0.570. The lowest BCUT2D eigenvalue weighted by Gasteiger charge is -1.98. The topological polar surface area (TPSA) is 17.1 Å². The van der Waals surface area contributed by atoms with Gasteiger partial charge in [-0.15, -0.1) is 0 Å².